The molecule has 13 heavy (non-hydrogen) atoms. The van der Waals surface area contributed by atoms with Crippen LogP contribution in [0.25, 0.3) is 10.9 Å². The average molecular weight is 196 g/mol. The van der Waals surface area contributed by atoms with Crippen LogP contribution in [0.1, 0.15) is 5.56 Å². The molecule has 68 valence electrons. The van der Waals surface area contributed by atoms with E-state index in [0.717, 1.165) is 16.5 Å². The lowest BCUT2D eigenvalue weighted by Gasteiger charge is -1.98. The lowest BCUT2D eigenvalue weighted by molar-refractivity contribution is 0.797. The van der Waals surface area contributed by atoms with Gasteiger partial charge in [-0.2, -0.15) is 5.10 Å². The average Bonchev–Trinajstić information content (AvgIpc) is 2.43. The highest BCUT2D eigenvalue weighted by molar-refractivity contribution is 6.34. The minimum absolute atomic E-state index is 0.489. The van der Waals surface area contributed by atoms with Crippen LogP contribution in [0, 0.1) is 0 Å². The van der Waals surface area contributed by atoms with Crippen molar-refractivity contribution in [3.05, 3.63) is 28.9 Å². The summed E-state index contributed by atoms with van der Waals surface area (Å²) >= 11 is 5.97. The second-order valence-electron chi connectivity index (χ2n) is 2.93. The molecule has 4 heteroatoms. The van der Waals surface area contributed by atoms with Gasteiger partial charge in [0.25, 0.3) is 0 Å². The van der Waals surface area contributed by atoms with Gasteiger partial charge in [0, 0.05) is 19.0 Å². The maximum absolute atomic E-state index is 5.97. The van der Waals surface area contributed by atoms with E-state index in [4.69, 9.17) is 17.3 Å². The van der Waals surface area contributed by atoms with Crippen molar-refractivity contribution in [2.24, 2.45) is 12.8 Å². The van der Waals surface area contributed by atoms with Crippen LogP contribution < -0.4 is 5.73 Å². The van der Waals surface area contributed by atoms with Crippen LogP contribution in [-0.2, 0) is 13.6 Å². The van der Waals surface area contributed by atoms with E-state index >= 15 is 0 Å². The third-order valence-corrected chi connectivity index (χ3v) is 2.41. The van der Waals surface area contributed by atoms with Crippen molar-refractivity contribution < 1.29 is 0 Å². The topological polar surface area (TPSA) is 43.8 Å². The molecule has 0 saturated carbocycles. The number of rotatable bonds is 1. The molecule has 0 saturated heterocycles. The van der Waals surface area contributed by atoms with Gasteiger partial charge in [0.2, 0.25) is 0 Å². The Morgan fingerprint density at radius 3 is 3.00 bits per heavy atom. The molecule has 0 radical (unpaired) electrons. The molecule has 2 N–H and O–H groups in total. The number of halogens is 1. The molecule has 3 nitrogen and oxygen atoms in total. The third kappa shape index (κ3) is 1.20. The van der Waals surface area contributed by atoms with E-state index in [2.05, 4.69) is 5.10 Å². The Labute approximate surface area is 81.1 Å². The van der Waals surface area contributed by atoms with E-state index in [0.29, 0.717) is 11.7 Å². The molecule has 0 amide bonds. The molecule has 0 aliphatic rings. The standard InChI is InChI=1S/C9H10ClN3/c1-13-7-4-2-3-6(5-11)8(7)9(10)12-13/h2-4H,5,11H2,1H3. The molecule has 0 fully saturated rings. The third-order valence-electron chi connectivity index (χ3n) is 2.14. The highest BCUT2D eigenvalue weighted by Crippen LogP contribution is 2.25. The van der Waals surface area contributed by atoms with Gasteiger partial charge in [0.05, 0.1) is 5.52 Å². The Bertz CT molecular complexity index is 447. The molecule has 2 rings (SSSR count). The summed E-state index contributed by atoms with van der Waals surface area (Å²) in [5, 5.41) is 5.62. The Kier molecular flexibility index (Phi) is 1.98. The number of hydrogen-bond donors (Lipinski definition) is 1. The first-order chi connectivity index (χ1) is 6.24. The molecule has 0 aliphatic heterocycles. The number of benzene rings is 1. The zero-order valence-electron chi connectivity index (χ0n) is 7.29. The summed E-state index contributed by atoms with van der Waals surface area (Å²) in [5.74, 6) is 0. The van der Waals surface area contributed by atoms with Gasteiger partial charge in [-0.25, -0.2) is 0 Å². The number of aryl methyl sites for hydroxylation is 1. The van der Waals surface area contributed by atoms with Gasteiger partial charge in [-0.3, -0.25) is 4.68 Å². The lowest BCUT2D eigenvalue weighted by atomic mass is 10.1. The molecule has 0 bridgehead atoms. The minimum Gasteiger partial charge on any atom is -0.326 e. The minimum atomic E-state index is 0.489. The summed E-state index contributed by atoms with van der Waals surface area (Å²) in [6, 6.07) is 5.91. The lowest BCUT2D eigenvalue weighted by Crippen LogP contribution is -1.96. The fourth-order valence-corrected chi connectivity index (χ4v) is 1.83. The quantitative estimate of drug-likeness (QED) is 0.753. The van der Waals surface area contributed by atoms with Gasteiger partial charge in [-0.15, -0.1) is 0 Å². The van der Waals surface area contributed by atoms with Gasteiger partial charge in [0.1, 0.15) is 0 Å². The maximum Gasteiger partial charge on any atom is 0.159 e. The van der Waals surface area contributed by atoms with E-state index in [9.17, 15) is 0 Å². The summed E-state index contributed by atoms with van der Waals surface area (Å²) < 4.78 is 1.76. The summed E-state index contributed by atoms with van der Waals surface area (Å²) in [7, 11) is 1.87. The molecule has 1 aromatic heterocycles. The van der Waals surface area contributed by atoms with Crippen LogP contribution in [0.5, 0.6) is 0 Å². The SMILES string of the molecule is Cn1nc(Cl)c2c(CN)cccc21. The molecule has 1 aromatic carbocycles. The van der Waals surface area contributed by atoms with Crippen molar-refractivity contribution in [3.8, 4) is 0 Å². The van der Waals surface area contributed by atoms with Crippen molar-refractivity contribution in [3.63, 3.8) is 0 Å². The number of fused-ring (bicyclic) bond motifs is 1. The van der Waals surface area contributed by atoms with Gasteiger partial charge in [0.15, 0.2) is 5.15 Å². The summed E-state index contributed by atoms with van der Waals surface area (Å²) in [6.07, 6.45) is 0. The van der Waals surface area contributed by atoms with E-state index in [1.54, 1.807) is 4.68 Å². The van der Waals surface area contributed by atoms with Gasteiger partial charge in [-0.1, -0.05) is 23.7 Å². The smallest absolute Gasteiger partial charge is 0.159 e. The number of nitrogens with zero attached hydrogens (tertiary/aromatic N) is 2. The largest absolute Gasteiger partial charge is 0.326 e. The highest BCUT2D eigenvalue weighted by Gasteiger charge is 2.08. The van der Waals surface area contributed by atoms with Crippen LogP contribution in [0.4, 0.5) is 0 Å². The zero-order valence-corrected chi connectivity index (χ0v) is 8.04. The number of hydrogen-bond acceptors (Lipinski definition) is 2. The molecular weight excluding hydrogens is 186 g/mol. The normalized spacial score (nSPS) is 11.0. The molecule has 0 atom stereocenters. The Morgan fingerprint density at radius 2 is 2.31 bits per heavy atom. The van der Waals surface area contributed by atoms with Gasteiger partial charge < -0.3 is 5.73 Å². The first-order valence-corrected chi connectivity index (χ1v) is 4.42. The predicted molar refractivity (Wildman–Crippen MR) is 53.6 cm³/mol. The predicted octanol–water partition coefficient (Wildman–Crippen LogP) is 1.69. The van der Waals surface area contributed by atoms with E-state index in [1.165, 1.54) is 0 Å². The summed E-state index contributed by atoms with van der Waals surface area (Å²) in [6.45, 7) is 0.489. The monoisotopic (exact) mass is 195 g/mol. The number of nitrogens with two attached hydrogens (primary N) is 1. The van der Waals surface area contributed by atoms with Gasteiger partial charge in [-0.05, 0) is 11.6 Å². The zero-order chi connectivity index (χ0) is 9.42. The molecule has 0 unspecified atom stereocenters. The van der Waals surface area contributed by atoms with Crippen LogP contribution in [0.2, 0.25) is 5.15 Å². The Morgan fingerprint density at radius 1 is 1.54 bits per heavy atom. The Balaban J connectivity index is 2.88. The maximum atomic E-state index is 5.97. The molecular formula is C9H10ClN3. The highest BCUT2D eigenvalue weighted by atomic mass is 35.5. The second kappa shape index (κ2) is 3.01. The van der Waals surface area contributed by atoms with Crippen molar-refractivity contribution >= 4 is 22.5 Å². The van der Waals surface area contributed by atoms with Crippen molar-refractivity contribution in [1.82, 2.24) is 9.78 Å². The van der Waals surface area contributed by atoms with Crippen molar-refractivity contribution in [1.29, 1.82) is 0 Å². The Hall–Kier alpha value is -1.06. The first-order valence-electron chi connectivity index (χ1n) is 4.04. The number of aromatic nitrogens is 2. The van der Waals surface area contributed by atoms with Crippen LogP contribution in [-0.4, -0.2) is 9.78 Å². The van der Waals surface area contributed by atoms with Crippen molar-refractivity contribution in [2.75, 3.05) is 0 Å². The summed E-state index contributed by atoms with van der Waals surface area (Å²) in [5.41, 5.74) is 7.66. The van der Waals surface area contributed by atoms with E-state index in [-0.39, 0.29) is 0 Å². The fraction of sp³-hybridized carbons (Fsp3) is 0.222. The van der Waals surface area contributed by atoms with Gasteiger partial charge >= 0.3 is 0 Å². The van der Waals surface area contributed by atoms with Crippen molar-refractivity contribution in [2.45, 2.75) is 6.54 Å². The molecule has 0 spiro atoms. The van der Waals surface area contributed by atoms with Crippen LogP contribution in [0.15, 0.2) is 18.2 Å². The van der Waals surface area contributed by atoms with Crippen LogP contribution in [0.3, 0.4) is 0 Å². The summed E-state index contributed by atoms with van der Waals surface area (Å²) in [4.78, 5) is 0. The fourth-order valence-electron chi connectivity index (χ4n) is 1.50. The van der Waals surface area contributed by atoms with Crippen LogP contribution >= 0.6 is 11.6 Å². The van der Waals surface area contributed by atoms with E-state index in [1.807, 2.05) is 25.2 Å². The molecule has 2 aromatic rings. The van der Waals surface area contributed by atoms with E-state index < -0.39 is 0 Å². The second-order valence-corrected chi connectivity index (χ2v) is 3.29. The molecule has 1 heterocycles. The first kappa shape index (κ1) is 8.53. The molecule has 0 aliphatic carbocycles.